The highest BCUT2D eigenvalue weighted by Crippen LogP contribution is 2.29. The Hall–Kier alpha value is -1.81. The van der Waals surface area contributed by atoms with Gasteiger partial charge in [0.1, 0.15) is 5.82 Å². The van der Waals surface area contributed by atoms with Crippen LogP contribution in [-0.4, -0.2) is 20.9 Å². The molecule has 17 heavy (non-hydrogen) atoms. The molecule has 2 aromatic rings. The van der Waals surface area contributed by atoms with Crippen LogP contribution in [0.15, 0.2) is 30.5 Å². The van der Waals surface area contributed by atoms with Gasteiger partial charge in [-0.15, -0.1) is 0 Å². The minimum Gasteiger partial charge on any atom is -0.390 e. The molecule has 2 rings (SSSR count). The van der Waals surface area contributed by atoms with Gasteiger partial charge in [-0.05, 0) is 25.0 Å². The number of nitrogen functional groups attached to an aromatic ring is 1. The summed E-state index contributed by atoms with van der Waals surface area (Å²) >= 11 is 0. The van der Waals surface area contributed by atoms with Gasteiger partial charge in [-0.25, -0.2) is 0 Å². The molecule has 0 aliphatic carbocycles. The number of hydrogen-bond donors (Lipinski definition) is 3. The molecule has 1 heterocycles. The van der Waals surface area contributed by atoms with Gasteiger partial charge in [0.25, 0.3) is 0 Å². The lowest BCUT2D eigenvalue weighted by molar-refractivity contribution is 0.0811. The molecule has 1 aromatic carbocycles. The molecule has 0 fully saturated rings. The van der Waals surface area contributed by atoms with Crippen molar-refractivity contribution in [3.63, 3.8) is 0 Å². The molecule has 0 radical (unpaired) electrons. The van der Waals surface area contributed by atoms with Gasteiger partial charge in [-0.2, -0.15) is 5.10 Å². The first-order valence-corrected chi connectivity index (χ1v) is 5.57. The molecule has 1 aromatic heterocycles. The van der Waals surface area contributed by atoms with E-state index in [1.165, 1.54) is 0 Å². The molecule has 4 N–H and O–H groups in total. The van der Waals surface area contributed by atoms with Crippen molar-refractivity contribution in [2.45, 2.75) is 25.9 Å². The SMILES string of the molecule is CC(C)(O)Cc1ccccc1-c1cn[nH]c1N. The quantitative estimate of drug-likeness (QED) is 0.756. The number of nitrogens with one attached hydrogen (secondary N) is 1. The second kappa shape index (κ2) is 4.22. The summed E-state index contributed by atoms with van der Waals surface area (Å²) in [5.74, 6) is 0.549. The maximum absolute atomic E-state index is 9.91. The molecule has 0 saturated carbocycles. The van der Waals surface area contributed by atoms with Crippen LogP contribution >= 0.6 is 0 Å². The summed E-state index contributed by atoms with van der Waals surface area (Å²) in [4.78, 5) is 0. The lowest BCUT2D eigenvalue weighted by Gasteiger charge is -2.19. The Morgan fingerprint density at radius 1 is 1.29 bits per heavy atom. The fourth-order valence-corrected chi connectivity index (χ4v) is 1.91. The molecule has 0 spiro atoms. The van der Waals surface area contributed by atoms with Crippen LogP contribution in [-0.2, 0) is 6.42 Å². The predicted octanol–water partition coefficient (Wildman–Crippen LogP) is 1.97. The van der Waals surface area contributed by atoms with Gasteiger partial charge in [0.2, 0.25) is 0 Å². The van der Waals surface area contributed by atoms with Crippen LogP contribution in [0.5, 0.6) is 0 Å². The number of benzene rings is 1. The summed E-state index contributed by atoms with van der Waals surface area (Å²) in [6.07, 6.45) is 2.28. The molecule has 0 atom stereocenters. The van der Waals surface area contributed by atoms with Gasteiger partial charge in [-0.1, -0.05) is 24.3 Å². The average molecular weight is 231 g/mol. The Morgan fingerprint density at radius 2 is 2.00 bits per heavy atom. The predicted molar refractivity (Wildman–Crippen MR) is 68.4 cm³/mol. The van der Waals surface area contributed by atoms with E-state index < -0.39 is 5.60 Å². The van der Waals surface area contributed by atoms with E-state index in [2.05, 4.69) is 10.2 Å². The molecule has 4 nitrogen and oxygen atoms in total. The van der Waals surface area contributed by atoms with E-state index in [4.69, 9.17) is 5.73 Å². The van der Waals surface area contributed by atoms with Gasteiger partial charge in [0.15, 0.2) is 0 Å². The second-order valence-electron chi connectivity index (χ2n) is 4.84. The summed E-state index contributed by atoms with van der Waals surface area (Å²) < 4.78 is 0. The normalized spacial score (nSPS) is 11.7. The van der Waals surface area contributed by atoms with Gasteiger partial charge in [0.05, 0.1) is 11.8 Å². The van der Waals surface area contributed by atoms with Crippen LogP contribution in [0.25, 0.3) is 11.1 Å². The highest BCUT2D eigenvalue weighted by molar-refractivity contribution is 5.75. The highest BCUT2D eigenvalue weighted by atomic mass is 16.3. The van der Waals surface area contributed by atoms with Gasteiger partial charge in [-0.3, -0.25) is 5.10 Å². The lowest BCUT2D eigenvalue weighted by Crippen LogP contribution is -2.22. The van der Waals surface area contributed by atoms with E-state index in [1.54, 1.807) is 20.0 Å². The Labute approximate surface area is 100 Å². The van der Waals surface area contributed by atoms with Crippen molar-refractivity contribution in [2.75, 3.05) is 5.73 Å². The molecule has 0 aliphatic rings. The molecule has 0 unspecified atom stereocenters. The summed E-state index contributed by atoms with van der Waals surface area (Å²) in [5.41, 5.74) is 8.04. The first kappa shape index (κ1) is 11.7. The van der Waals surface area contributed by atoms with Gasteiger partial charge < -0.3 is 10.8 Å². The molecule has 0 amide bonds. The van der Waals surface area contributed by atoms with Crippen molar-refractivity contribution in [3.8, 4) is 11.1 Å². The average Bonchev–Trinajstić information content (AvgIpc) is 2.63. The van der Waals surface area contributed by atoms with Crippen molar-refractivity contribution >= 4 is 5.82 Å². The van der Waals surface area contributed by atoms with E-state index in [0.717, 1.165) is 16.7 Å². The van der Waals surface area contributed by atoms with Crippen molar-refractivity contribution in [3.05, 3.63) is 36.0 Å². The minimum atomic E-state index is -0.741. The van der Waals surface area contributed by atoms with Crippen LogP contribution < -0.4 is 5.73 Å². The number of aromatic amines is 1. The van der Waals surface area contributed by atoms with Gasteiger partial charge in [0, 0.05) is 12.0 Å². The minimum absolute atomic E-state index is 0.549. The Bertz CT molecular complexity index is 511. The van der Waals surface area contributed by atoms with Crippen molar-refractivity contribution in [1.29, 1.82) is 0 Å². The van der Waals surface area contributed by atoms with Crippen LogP contribution in [0.3, 0.4) is 0 Å². The fourth-order valence-electron chi connectivity index (χ4n) is 1.91. The molecule has 4 heteroatoms. The number of H-pyrrole nitrogens is 1. The summed E-state index contributed by atoms with van der Waals surface area (Å²) in [6, 6.07) is 7.90. The zero-order valence-electron chi connectivity index (χ0n) is 10.1. The first-order valence-electron chi connectivity index (χ1n) is 5.57. The molecular formula is C13H17N3O. The third-order valence-electron chi connectivity index (χ3n) is 2.60. The van der Waals surface area contributed by atoms with E-state index in [9.17, 15) is 5.11 Å². The van der Waals surface area contributed by atoms with Gasteiger partial charge >= 0.3 is 0 Å². The van der Waals surface area contributed by atoms with Crippen molar-refractivity contribution in [1.82, 2.24) is 10.2 Å². The third kappa shape index (κ3) is 2.65. The Balaban J connectivity index is 2.45. The summed E-state index contributed by atoms with van der Waals surface area (Å²) in [6.45, 7) is 3.59. The number of aromatic nitrogens is 2. The van der Waals surface area contributed by atoms with Crippen LogP contribution in [0.2, 0.25) is 0 Å². The summed E-state index contributed by atoms with van der Waals surface area (Å²) in [7, 11) is 0. The number of anilines is 1. The van der Waals surface area contributed by atoms with Crippen LogP contribution in [0.1, 0.15) is 19.4 Å². The number of nitrogens with zero attached hydrogens (tertiary/aromatic N) is 1. The molecule has 90 valence electrons. The zero-order valence-corrected chi connectivity index (χ0v) is 10.1. The zero-order chi connectivity index (χ0) is 12.5. The number of aliphatic hydroxyl groups is 1. The maximum Gasteiger partial charge on any atom is 0.126 e. The second-order valence-corrected chi connectivity index (χ2v) is 4.84. The van der Waals surface area contributed by atoms with E-state index in [0.29, 0.717) is 12.2 Å². The largest absolute Gasteiger partial charge is 0.390 e. The Morgan fingerprint density at radius 3 is 2.59 bits per heavy atom. The smallest absolute Gasteiger partial charge is 0.126 e. The number of hydrogen-bond acceptors (Lipinski definition) is 3. The maximum atomic E-state index is 9.91. The van der Waals surface area contributed by atoms with E-state index in [1.807, 2.05) is 24.3 Å². The number of rotatable bonds is 3. The molecule has 0 saturated heterocycles. The third-order valence-corrected chi connectivity index (χ3v) is 2.60. The monoisotopic (exact) mass is 231 g/mol. The van der Waals surface area contributed by atoms with Crippen molar-refractivity contribution in [2.24, 2.45) is 0 Å². The van der Waals surface area contributed by atoms with E-state index in [-0.39, 0.29) is 0 Å². The summed E-state index contributed by atoms with van der Waals surface area (Å²) in [5, 5.41) is 16.6. The van der Waals surface area contributed by atoms with E-state index >= 15 is 0 Å². The lowest BCUT2D eigenvalue weighted by atomic mass is 9.92. The molecular weight excluding hydrogens is 214 g/mol. The Kier molecular flexibility index (Phi) is 2.90. The topological polar surface area (TPSA) is 74.9 Å². The first-order chi connectivity index (χ1) is 7.97. The number of nitrogens with two attached hydrogens (primary N) is 1. The van der Waals surface area contributed by atoms with Crippen LogP contribution in [0.4, 0.5) is 5.82 Å². The molecule has 0 aliphatic heterocycles. The molecule has 0 bridgehead atoms. The van der Waals surface area contributed by atoms with Crippen molar-refractivity contribution < 1.29 is 5.11 Å². The highest BCUT2D eigenvalue weighted by Gasteiger charge is 2.17. The van der Waals surface area contributed by atoms with Crippen LogP contribution in [0, 0.1) is 0 Å². The standard InChI is InChI=1S/C13H17N3O/c1-13(2,17)7-9-5-3-4-6-10(9)11-8-15-16-12(11)14/h3-6,8,17H,7H2,1-2H3,(H3,14,15,16). The fraction of sp³-hybridized carbons (Fsp3) is 0.308.